The van der Waals surface area contributed by atoms with E-state index in [4.69, 9.17) is 9.47 Å². The fourth-order valence-corrected chi connectivity index (χ4v) is 2.64. The molecule has 2 fully saturated rings. The van der Waals surface area contributed by atoms with Crippen molar-refractivity contribution >= 4 is 0 Å². The smallest absolute Gasteiger partial charge is 0.0870 e. The van der Waals surface area contributed by atoms with Gasteiger partial charge >= 0.3 is 0 Å². The Labute approximate surface area is 80.6 Å². The van der Waals surface area contributed by atoms with Gasteiger partial charge in [-0.25, -0.2) is 0 Å². The zero-order chi connectivity index (χ0) is 9.47. The second-order valence-corrected chi connectivity index (χ2v) is 5.29. The molecule has 1 saturated heterocycles. The van der Waals surface area contributed by atoms with Gasteiger partial charge in [0.25, 0.3) is 0 Å². The molecule has 1 aliphatic heterocycles. The largest absolute Gasteiger partial charge is 0.373 e. The summed E-state index contributed by atoms with van der Waals surface area (Å²) in [6.45, 7) is 8.49. The molecule has 2 heteroatoms. The van der Waals surface area contributed by atoms with E-state index >= 15 is 0 Å². The zero-order valence-electron chi connectivity index (χ0n) is 8.88. The van der Waals surface area contributed by atoms with Gasteiger partial charge in [-0.1, -0.05) is 20.8 Å². The van der Waals surface area contributed by atoms with Crippen LogP contribution in [0.3, 0.4) is 0 Å². The number of hydrogen-bond donors (Lipinski definition) is 0. The number of rotatable bonds is 0. The maximum absolute atomic E-state index is 5.82. The summed E-state index contributed by atoms with van der Waals surface area (Å²) in [7, 11) is 0. The zero-order valence-corrected chi connectivity index (χ0v) is 8.88. The SMILES string of the molecule is CC(C)(C)C1CCC2OCCOC21. The molecule has 2 aliphatic rings. The van der Waals surface area contributed by atoms with Crippen LogP contribution in [0.2, 0.25) is 0 Å². The van der Waals surface area contributed by atoms with Crippen molar-refractivity contribution in [2.24, 2.45) is 11.3 Å². The van der Waals surface area contributed by atoms with E-state index in [9.17, 15) is 0 Å². The molecule has 0 bridgehead atoms. The van der Waals surface area contributed by atoms with Crippen LogP contribution < -0.4 is 0 Å². The lowest BCUT2D eigenvalue weighted by atomic mass is 9.78. The Morgan fingerprint density at radius 3 is 2.38 bits per heavy atom. The monoisotopic (exact) mass is 184 g/mol. The predicted molar refractivity (Wildman–Crippen MR) is 51.7 cm³/mol. The minimum absolute atomic E-state index is 0.361. The Balaban J connectivity index is 2.07. The molecule has 13 heavy (non-hydrogen) atoms. The van der Waals surface area contributed by atoms with Crippen molar-refractivity contribution in [2.75, 3.05) is 13.2 Å². The average molecular weight is 184 g/mol. The second kappa shape index (κ2) is 3.25. The van der Waals surface area contributed by atoms with Crippen LogP contribution in [0.1, 0.15) is 33.6 Å². The molecule has 2 rings (SSSR count). The molecule has 1 saturated carbocycles. The Morgan fingerprint density at radius 2 is 1.69 bits per heavy atom. The van der Waals surface area contributed by atoms with Crippen molar-refractivity contribution in [3.05, 3.63) is 0 Å². The minimum Gasteiger partial charge on any atom is -0.373 e. The molecule has 0 spiro atoms. The first-order valence-electron chi connectivity index (χ1n) is 5.32. The van der Waals surface area contributed by atoms with Crippen LogP contribution in [0.4, 0.5) is 0 Å². The van der Waals surface area contributed by atoms with Gasteiger partial charge in [0.2, 0.25) is 0 Å². The minimum atomic E-state index is 0.361. The molecule has 0 amide bonds. The normalized spacial score (nSPS) is 40.4. The molecule has 0 N–H and O–H groups in total. The number of fused-ring (bicyclic) bond motifs is 1. The third kappa shape index (κ3) is 1.75. The fourth-order valence-electron chi connectivity index (χ4n) is 2.64. The van der Waals surface area contributed by atoms with Crippen molar-refractivity contribution in [2.45, 2.75) is 45.8 Å². The highest BCUT2D eigenvalue weighted by Gasteiger charge is 2.44. The lowest BCUT2D eigenvalue weighted by Crippen LogP contribution is -2.41. The maximum Gasteiger partial charge on any atom is 0.0870 e. The molecule has 76 valence electrons. The lowest BCUT2D eigenvalue weighted by Gasteiger charge is -2.36. The highest BCUT2D eigenvalue weighted by molar-refractivity contribution is 4.93. The predicted octanol–water partition coefficient (Wildman–Crippen LogP) is 2.23. The molecule has 3 unspecified atom stereocenters. The molecule has 0 aromatic carbocycles. The summed E-state index contributed by atoms with van der Waals surface area (Å²) in [4.78, 5) is 0. The highest BCUT2D eigenvalue weighted by atomic mass is 16.6. The third-order valence-electron chi connectivity index (χ3n) is 3.36. The van der Waals surface area contributed by atoms with Crippen molar-refractivity contribution < 1.29 is 9.47 Å². The van der Waals surface area contributed by atoms with Crippen LogP contribution in [0.5, 0.6) is 0 Å². The van der Waals surface area contributed by atoms with E-state index in [2.05, 4.69) is 20.8 Å². The van der Waals surface area contributed by atoms with Crippen molar-refractivity contribution in [3.8, 4) is 0 Å². The van der Waals surface area contributed by atoms with E-state index in [1.54, 1.807) is 0 Å². The van der Waals surface area contributed by atoms with Gasteiger partial charge in [0.15, 0.2) is 0 Å². The van der Waals surface area contributed by atoms with E-state index < -0.39 is 0 Å². The van der Waals surface area contributed by atoms with Gasteiger partial charge in [-0.05, 0) is 24.2 Å². The van der Waals surface area contributed by atoms with Crippen molar-refractivity contribution in [1.29, 1.82) is 0 Å². The molecule has 3 atom stereocenters. The van der Waals surface area contributed by atoms with Crippen LogP contribution in [-0.2, 0) is 9.47 Å². The topological polar surface area (TPSA) is 18.5 Å². The number of hydrogen-bond acceptors (Lipinski definition) is 2. The van der Waals surface area contributed by atoms with Crippen LogP contribution in [-0.4, -0.2) is 25.4 Å². The average Bonchev–Trinajstić information content (AvgIpc) is 2.45. The van der Waals surface area contributed by atoms with Gasteiger partial charge in [-0.2, -0.15) is 0 Å². The first-order valence-corrected chi connectivity index (χ1v) is 5.32. The second-order valence-electron chi connectivity index (χ2n) is 5.29. The van der Waals surface area contributed by atoms with E-state index in [0.717, 1.165) is 13.2 Å². The van der Waals surface area contributed by atoms with Crippen LogP contribution in [0, 0.1) is 11.3 Å². The van der Waals surface area contributed by atoms with Crippen LogP contribution in [0.15, 0.2) is 0 Å². The molecular formula is C11H20O2. The van der Waals surface area contributed by atoms with E-state index in [1.807, 2.05) is 0 Å². The Morgan fingerprint density at radius 1 is 1.00 bits per heavy atom. The lowest BCUT2D eigenvalue weighted by molar-refractivity contribution is -0.147. The molecule has 1 aliphatic carbocycles. The first kappa shape index (κ1) is 9.47. The molecular weight excluding hydrogens is 164 g/mol. The van der Waals surface area contributed by atoms with Gasteiger partial charge in [-0.15, -0.1) is 0 Å². The van der Waals surface area contributed by atoms with Crippen LogP contribution in [0.25, 0.3) is 0 Å². The maximum atomic E-state index is 5.82. The summed E-state index contributed by atoms with van der Waals surface area (Å²) < 4.78 is 11.5. The first-order chi connectivity index (χ1) is 6.09. The summed E-state index contributed by atoms with van der Waals surface area (Å²) in [6.07, 6.45) is 3.21. The summed E-state index contributed by atoms with van der Waals surface area (Å²) in [5.74, 6) is 0.679. The molecule has 1 heterocycles. The van der Waals surface area contributed by atoms with Gasteiger partial charge in [0, 0.05) is 0 Å². The summed E-state index contributed by atoms with van der Waals surface area (Å²) >= 11 is 0. The fraction of sp³-hybridized carbons (Fsp3) is 1.00. The highest BCUT2D eigenvalue weighted by Crippen LogP contribution is 2.43. The van der Waals surface area contributed by atoms with Gasteiger partial charge < -0.3 is 9.47 Å². The number of ether oxygens (including phenoxy) is 2. The summed E-state index contributed by atoms with van der Waals surface area (Å²) in [5.41, 5.74) is 0.361. The molecule has 0 aromatic heterocycles. The third-order valence-corrected chi connectivity index (χ3v) is 3.36. The molecule has 2 nitrogen and oxygen atoms in total. The quantitative estimate of drug-likeness (QED) is 0.574. The Bertz CT molecular complexity index is 183. The Hall–Kier alpha value is -0.0800. The summed E-state index contributed by atoms with van der Waals surface area (Å²) in [5, 5.41) is 0. The summed E-state index contributed by atoms with van der Waals surface area (Å²) in [6, 6.07) is 0. The Kier molecular flexibility index (Phi) is 2.37. The van der Waals surface area contributed by atoms with Gasteiger partial charge in [0.05, 0.1) is 25.4 Å². The standard InChI is InChI=1S/C11H20O2/c1-11(2,3)8-4-5-9-10(8)13-7-6-12-9/h8-10H,4-7H2,1-3H3. The molecule has 0 aromatic rings. The van der Waals surface area contributed by atoms with Crippen molar-refractivity contribution in [3.63, 3.8) is 0 Å². The van der Waals surface area contributed by atoms with E-state index in [1.165, 1.54) is 12.8 Å². The van der Waals surface area contributed by atoms with Crippen LogP contribution >= 0.6 is 0 Å². The van der Waals surface area contributed by atoms with Gasteiger partial charge in [0.1, 0.15) is 0 Å². The molecule has 0 radical (unpaired) electrons. The van der Waals surface area contributed by atoms with E-state index in [0.29, 0.717) is 23.5 Å². The van der Waals surface area contributed by atoms with Crippen molar-refractivity contribution in [1.82, 2.24) is 0 Å². The van der Waals surface area contributed by atoms with Gasteiger partial charge in [-0.3, -0.25) is 0 Å². The van der Waals surface area contributed by atoms with E-state index in [-0.39, 0.29) is 0 Å².